The van der Waals surface area contributed by atoms with Crippen molar-refractivity contribution in [1.82, 2.24) is 5.32 Å². The molecule has 1 heterocycles. The molecule has 1 aliphatic rings. The number of rotatable bonds is 2. The smallest absolute Gasteiger partial charge is 0.241 e. The zero-order valence-corrected chi connectivity index (χ0v) is 8.80. The molecular weight excluding hydrogens is 192 g/mol. The molecule has 0 aromatic heterocycles. The van der Waals surface area contributed by atoms with Crippen LogP contribution in [-0.4, -0.2) is 25.7 Å². The lowest BCUT2D eigenvalue weighted by Crippen LogP contribution is -2.43. The summed E-state index contributed by atoms with van der Waals surface area (Å²) in [5.41, 5.74) is -0.909. The first kappa shape index (κ1) is 11.6. The Morgan fingerprint density at radius 3 is 2.73 bits per heavy atom. The maximum Gasteiger partial charge on any atom is 0.241 e. The Hall–Kier alpha value is -1.52. The molecule has 15 heavy (non-hydrogen) atoms. The van der Waals surface area contributed by atoms with E-state index in [1.807, 2.05) is 0 Å². The Balaban J connectivity index is 2.59. The average Bonchev–Trinajstić information content (AvgIpc) is 2.30. The average molecular weight is 206 g/mol. The minimum atomic E-state index is -0.909. The first-order valence-corrected chi connectivity index (χ1v) is 4.92. The number of hydrogen-bond acceptors (Lipinski definition) is 3. The van der Waals surface area contributed by atoms with Gasteiger partial charge in [0.1, 0.15) is 5.41 Å². The predicted molar refractivity (Wildman–Crippen MR) is 54.6 cm³/mol. The van der Waals surface area contributed by atoms with Crippen molar-refractivity contribution >= 4 is 5.91 Å². The van der Waals surface area contributed by atoms with Crippen molar-refractivity contribution in [2.45, 2.75) is 19.8 Å². The molecule has 1 saturated heterocycles. The van der Waals surface area contributed by atoms with E-state index in [1.54, 1.807) is 6.92 Å². The van der Waals surface area contributed by atoms with Crippen LogP contribution in [0.1, 0.15) is 19.8 Å². The van der Waals surface area contributed by atoms with Gasteiger partial charge in [0.05, 0.1) is 12.6 Å². The van der Waals surface area contributed by atoms with E-state index in [0.29, 0.717) is 32.6 Å². The van der Waals surface area contributed by atoms with Gasteiger partial charge >= 0.3 is 0 Å². The fourth-order valence-corrected chi connectivity index (χ4v) is 1.49. The second-order valence-electron chi connectivity index (χ2n) is 3.42. The fourth-order valence-electron chi connectivity index (χ4n) is 1.49. The van der Waals surface area contributed by atoms with Crippen molar-refractivity contribution < 1.29 is 9.53 Å². The molecule has 1 fully saturated rings. The molecule has 0 atom stereocenters. The molecule has 0 saturated carbocycles. The normalized spacial score (nSPS) is 18.1. The number of nitrogens with zero attached hydrogens (tertiary/aromatic N) is 1. The molecule has 0 bridgehead atoms. The van der Waals surface area contributed by atoms with Crippen molar-refractivity contribution in [2.75, 3.05) is 19.8 Å². The van der Waals surface area contributed by atoms with Gasteiger partial charge in [0, 0.05) is 13.2 Å². The molecule has 0 spiro atoms. The van der Waals surface area contributed by atoms with Gasteiger partial charge in [-0.05, 0) is 19.8 Å². The van der Waals surface area contributed by atoms with Gasteiger partial charge in [-0.2, -0.15) is 5.26 Å². The summed E-state index contributed by atoms with van der Waals surface area (Å²) in [6.45, 7) is 2.96. The van der Waals surface area contributed by atoms with E-state index in [1.165, 1.54) is 0 Å². The van der Waals surface area contributed by atoms with Gasteiger partial charge in [-0.15, -0.1) is 5.92 Å². The Bertz CT molecular complexity index is 327. The van der Waals surface area contributed by atoms with E-state index in [2.05, 4.69) is 23.2 Å². The molecule has 80 valence electrons. The van der Waals surface area contributed by atoms with Gasteiger partial charge < -0.3 is 10.1 Å². The maximum atomic E-state index is 11.8. The maximum absolute atomic E-state index is 11.8. The third-order valence-corrected chi connectivity index (χ3v) is 2.51. The highest BCUT2D eigenvalue weighted by Gasteiger charge is 2.40. The summed E-state index contributed by atoms with van der Waals surface area (Å²) >= 11 is 0. The SMILES string of the molecule is CC#CCNC(=O)C1(C#N)CCOCC1. The number of nitriles is 1. The van der Waals surface area contributed by atoms with E-state index in [0.717, 1.165) is 0 Å². The molecule has 0 unspecified atom stereocenters. The first-order chi connectivity index (χ1) is 7.25. The number of carbonyl (C=O) groups excluding carboxylic acids is 1. The third-order valence-electron chi connectivity index (χ3n) is 2.51. The molecule has 4 nitrogen and oxygen atoms in total. The molecule has 1 N–H and O–H groups in total. The molecule has 0 aliphatic carbocycles. The Kier molecular flexibility index (Phi) is 4.15. The predicted octanol–water partition coefficient (Wildman–Crippen LogP) is 0.446. The molecular formula is C11H14N2O2. The summed E-state index contributed by atoms with van der Waals surface area (Å²) in [6, 6.07) is 2.10. The van der Waals surface area contributed by atoms with E-state index < -0.39 is 5.41 Å². The molecule has 0 aromatic carbocycles. The summed E-state index contributed by atoms with van der Waals surface area (Å²) in [5, 5.41) is 11.7. The van der Waals surface area contributed by atoms with Gasteiger partial charge in [-0.25, -0.2) is 0 Å². The van der Waals surface area contributed by atoms with Crippen LogP contribution in [-0.2, 0) is 9.53 Å². The van der Waals surface area contributed by atoms with Crippen molar-refractivity contribution in [3.63, 3.8) is 0 Å². The first-order valence-electron chi connectivity index (χ1n) is 4.92. The van der Waals surface area contributed by atoms with Gasteiger partial charge in [-0.1, -0.05) is 5.92 Å². The van der Waals surface area contributed by atoms with Crippen LogP contribution in [0.5, 0.6) is 0 Å². The molecule has 4 heteroatoms. The summed E-state index contributed by atoms with van der Waals surface area (Å²) in [6.07, 6.45) is 0.934. The second-order valence-corrected chi connectivity index (χ2v) is 3.42. The summed E-state index contributed by atoms with van der Waals surface area (Å²) in [5.74, 6) is 5.20. The number of ether oxygens (including phenoxy) is 1. The highest BCUT2D eigenvalue weighted by Crippen LogP contribution is 2.29. The van der Waals surface area contributed by atoms with Crippen molar-refractivity contribution in [3.8, 4) is 17.9 Å². The Morgan fingerprint density at radius 2 is 2.20 bits per heavy atom. The van der Waals surface area contributed by atoms with Crippen LogP contribution < -0.4 is 5.32 Å². The summed E-state index contributed by atoms with van der Waals surface area (Å²) < 4.78 is 5.14. The molecule has 0 radical (unpaired) electrons. The van der Waals surface area contributed by atoms with Gasteiger partial charge in [-0.3, -0.25) is 4.79 Å². The van der Waals surface area contributed by atoms with Crippen molar-refractivity contribution in [1.29, 1.82) is 5.26 Å². The van der Waals surface area contributed by atoms with Crippen LogP contribution in [0, 0.1) is 28.6 Å². The van der Waals surface area contributed by atoms with Crippen LogP contribution >= 0.6 is 0 Å². The zero-order valence-electron chi connectivity index (χ0n) is 8.80. The molecule has 1 rings (SSSR count). The number of nitrogens with one attached hydrogen (secondary N) is 1. The van der Waals surface area contributed by atoms with Gasteiger partial charge in [0.25, 0.3) is 0 Å². The van der Waals surface area contributed by atoms with Crippen LogP contribution in [0.25, 0.3) is 0 Å². The molecule has 1 amide bonds. The van der Waals surface area contributed by atoms with E-state index >= 15 is 0 Å². The minimum Gasteiger partial charge on any atom is -0.381 e. The van der Waals surface area contributed by atoms with Crippen LogP contribution in [0.3, 0.4) is 0 Å². The van der Waals surface area contributed by atoms with Crippen LogP contribution in [0.15, 0.2) is 0 Å². The van der Waals surface area contributed by atoms with Crippen LogP contribution in [0.2, 0.25) is 0 Å². The highest BCUT2D eigenvalue weighted by molar-refractivity contribution is 5.85. The fraction of sp³-hybridized carbons (Fsp3) is 0.636. The summed E-state index contributed by atoms with van der Waals surface area (Å²) in [4.78, 5) is 11.8. The van der Waals surface area contributed by atoms with E-state index in [4.69, 9.17) is 10.00 Å². The largest absolute Gasteiger partial charge is 0.381 e. The lowest BCUT2D eigenvalue weighted by molar-refractivity contribution is -0.132. The standard InChI is InChI=1S/C11H14N2O2/c1-2-3-6-13-10(14)11(9-12)4-7-15-8-5-11/h4-8H2,1H3,(H,13,14). The summed E-state index contributed by atoms with van der Waals surface area (Å²) in [7, 11) is 0. The topological polar surface area (TPSA) is 62.1 Å². The van der Waals surface area contributed by atoms with Crippen molar-refractivity contribution in [3.05, 3.63) is 0 Å². The highest BCUT2D eigenvalue weighted by atomic mass is 16.5. The van der Waals surface area contributed by atoms with E-state index in [-0.39, 0.29) is 5.91 Å². The van der Waals surface area contributed by atoms with E-state index in [9.17, 15) is 4.79 Å². The number of carbonyl (C=O) groups is 1. The quantitative estimate of drug-likeness (QED) is 0.667. The van der Waals surface area contributed by atoms with Crippen molar-refractivity contribution in [2.24, 2.45) is 5.41 Å². The van der Waals surface area contributed by atoms with Crippen LogP contribution in [0.4, 0.5) is 0 Å². The Morgan fingerprint density at radius 1 is 1.53 bits per heavy atom. The van der Waals surface area contributed by atoms with Gasteiger partial charge in [0.15, 0.2) is 0 Å². The number of hydrogen-bond donors (Lipinski definition) is 1. The lowest BCUT2D eigenvalue weighted by atomic mass is 9.81. The monoisotopic (exact) mass is 206 g/mol. The molecule has 0 aromatic rings. The second kappa shape index (κ2) is 5.38. The van der Waals surface area contributed by atoms with Gasteiger partial charge in [0.2, 0.25) is 5.91 Å². The molecule has 1 aliphatic heterocycles. The minimum absolute atomic E-state index is 0.226. The third kappa shape index (κ3) is 2.71. The zero-order chi connectivity index (χ0) is 11.1. The Labute approximate surface area is 89.6 Å². The number of amides is 1. The lowest BCUT2D eigenvalue weighted by Gasteiger charge is -2.28.